The lowest BCUT2D eigenvalue weighted by Gasteiger charge is -2.12. The van der Waals surface area contributed by atoms with Crippen LogP contribution in [-0.2, 0) is 0 Å². The fraction of sp³-hybridized carbons (Fsp3) is 0.455. The fourth-order valence-corrected chi connectivity index (χ4v) is 2.61. The zero-order valence-corrected chi connectivity index (χ0v) is 15.8. The van der Waals surface area contributed by atoms with Crippen molar-refractivity contribution in [3.8, 4) is 11.5 Å². The molecule has 3 heteroatoms. The first-order chi connectivity index (χ1) is 12.2. The summed E-state index contributed by atoms with van der Waals surface area (Å²) in [4.78, 5) is 0. The maximum Gasteiger partial charge on any atom is 0.122 e. The highest BCUT2D eigenvalue weighted by atomic mass is 16.5. The maximum absolute atomic E-state index is 5.86. The van der Waals surface area contributed by atoms with Crippen LogP contribution in [-0.4, -0.2) is 19.8 Å². The van der Waals surface area contributed by atoms with E-state index < -0.39 is 0 Å². The molecular weight excluding hydrogens is 310 g/mol. The van der Waals surface area contributed by atoms with E-state index >= 15 is 0 Å². The molecule has 0 amide bonds. The molecule has 0 aliphatic carbocycles. The van der Waals surface area contributed by atoms with Crippen molar-refractivity contribution in [1.29, 1.82) is 0 Å². The standard InChI is InChI=1S/C22H31NO2/c1-4-5-6-7-15-24-21-12-10-20(11-13-21)23-14-16-25-22-17-18(2)8-9-19(22)3/h8-13,17,23H,4-7,14-16H2,1-3H3. The van der Waals surface area contributed by atoms with Crippen LogP contribution in [0, 0.1) is 13.8 Å². The van der Waals surface area contributed by atoms with E-state index in [0.717, 1.165) is 36.8 Å². The van der Waals surface area contributed by atoms with Crippen LogP contribution in [0.3, 0.4) is 0 Å². The second-order valence-electron chi connectivity index (χ2n) is 6.48. The summed E-state index contributed by atoms with van der Waals surface area (Å²) in [5.41, 5.74) is 3.48. The van der Waals surface area contributed by atoms with Crippen LogP contribution in [0.1, 0.15) is 43.7 Å². The van der Waals surface area contributed by atoms with Crippen molar-refractivity contribution >= 4 is 5.69 Å². The third-order valence-corrected chi connectivity index (χ3v) is 4.15. The van der Waals surface area contributed by atoms with Gasteiger partial charge in [-0.3, -0.25) is 0 Å². The van der Waals surface area contributed by atoms with Crippen molar-refractivity contribution < 1.29 is 9.47 Å². The first kappa shape index (κ1) is 19.2. The topological polar surface area (TPSA) is 30.5 Å². The summed E-state index contributed by atoms with van der Waals surface area (Å²) in [6.45, 7) is 8.59. The van der Waals surface area contributed by atoms with Crippen LogP contribution in [0.2, 0.25) is 0 Å². The normalized spacial score (nSPS) is 10.5. The molecule has 2 aromatic carbocycles. The average Bonchev–Trinajstić information content (AvgIpc) is 2.62. The molecule has 0 atom stereocenters. The minimum atomic E-state index is 0.639. The molecule has 0 bridgehead atoms. The zero-order valence-electron chi connectivity index (χ0n) is 15.8. The van der Waals surface area contributed by atoms with Gasteiger partial charge in [-0.2, -0.15) is 0 Å². The summed E-state index contributed by atoms with van der Waals surface area (Å²) < 4.78 is 11.6. The molecule has 2 aromatic rings. The molecule has 2 rings (SSSR count). The first-order valence-corrected chi connectivity index (χ1v) is 9.36. The Morgan fingerprint density at radius 3 is 2.40 bits per heavy atom. The van der Waals surface area contributed by atoms with Gasteiger partial charge < -0.3 is 14.8 Å². The summed E-state index contributed by atoms with van der Waals surface area (Å²) in [7, 11) is 0. The van der Waals surface area contributed by atoms with Gasteiger partial charge in [-0.15, -0.1) is 0 Å². The predicted octanol–water partition coefficient (Wildman–Crippen LogP) is 5.75. The Bertz CT molecular complexity index is 622. The molecule has 0 heterocycles. The summed E-state index contributed by atoms with van der Waals surface area (Å²) in [5.74, 6) is 1.90. The molecule has 0 aliphatic heterocycles. The minimum absolute atomic E-state index is 0.639. The van der Waals surface area contributed by atoms with E-state index in [1.807, 2.05) is 12.1 Å². The van der Waals surface area contributed by atoms with Gasteiger partial charge in [0.05, 0.1) is 6.61 Å². The van der Waals surface area contributed by atoms with Crippen molar-refractivity contribution in [1.82, 2.24) is 0 Å². The number of aryl methyl sites for hydroxylation is 2. The summed E-state index contributed by atoms with van der Waals surface area (Å²) >= 11 is 0. The highest BCUT2D eigenvalue weighted by Crippen LogP contribution is 2.19. The Kier molecular flexibility index (Phi) is 8.17. The highest BCUT2D eigenvalue weighted by Gasteiger charge is 2.00. The molecule has 0 saturated heterocycles. The number of rotatable bonds is 11. The van der Waals surface area contributed by atoms with Gasteiger partial charge in [-0.05, 0) is 61.7 Å². The molecule has 0 fully saturated rings. The van der Waals surface area contributed by atoms with Crippen molar-refractivity contribution in [3.63, 3.8) is 0 Å². The third-order valence-electron chi connectivity index (χ3n) is 4.15. The molecule has 25 heavy (non-hydrogen) atoms. The van der Waals surface area contributed by atoms with Crippen molar-refractivity contribution in [3.05, 3.63) is 53.6 Å². The van der Waals surface area contributed by atoms with Gasteiger partial charge in [-0.25, -0.2) is 0 Å². The number of ether oxygens (including phenoxy) is 2. The smallest absolute Gasteiger partial charge is 0.122 e. The van der Waals surface area contributed by atoms with Crippen molar-refractivity contribution in [2.45, 2.75) is 46.5 Å². The van der Waals surface area contributed by atoms with Gasteiger partial charge in [0.1, 0.15) is 18.1 Å². The lowest BCUT2D eigenvalue weighted by Crippen LogP contribution is -2.12. The van der Waals surface area contributed by atoms with Crippen LogP contribution in [0.25, 0.3) is 0 Å². The molecule has 0 aliphatic rings. The van der Waals surface area contributed by atoms with Gasteiger partial charge in [0.15, 0.2) is 0 Å². The average molecular weight is 341 g/mol. The van der Waals surface area contributed by atoms with Crippen LogP contribution < -0.4 is 14.8 Å². The lowest BCUT2D eigenvalue weighted by atomic mass is 10.1. The Hall–Kier alpha value is -2.16. The fourth-order valence-electron chi connectivity index (χ4n) is 2.61. The van der Waals surface area contributed by atoms with Crippen LogP contribution in [0.5, 0.6) is 11.5 Å². The second kappa shape index (κ2) is 10.7. The number of anilines is 1. The lowest BCUT2D eigenvalue weighted by molar-refractivity contribution is 0.305. The van der Waals surface area contributed by atoms with Gasteiger partial charge in [-0.1, -0.05) is 38.3 Å². The summed E-state index contributed by atoms with van der Waals surface area (Å²) in [5, 5.41) is 3.38. The summed E-state index contributed by atoms with van der Waals surface area (Å²) in [6.07, 6.45) is 4.92. The number of nitrogens with one attached hydrogen (secondary N) is 1. The van der Waals surface area contributed by atoms with E-state index in [0.29, 0.717) is 6.61 Å². The van der Waals surface area contributed by atoms with Crippen LogP contribution in [0.4, 0.5) is 5.69 Å². The van der Waals surface area contributed by atoms with Crippen LogP contribution in [0.15, 0.2) is 42.5 Å². The molecule has 3 nitrogen and oxygen atoms in total. The number of hydrogen-bond donors (Lipinski definition) is 1. The van der Waals surface area contributed by atoms with Gasteiger partial charge in [0.25, 0.3) is 0 Å². The molecule has 1 N–H and O–H groups in total. The Balaban J connectivity index is 1.66. The SMILES string of the molecule is CCCCCCOc1ccc(NCCOc2cc(C)ccc2C)cc1. The van der Waals surface area contributed by atoms with E-state index in [9.17, 15) is 0 Å². The largest absolute Gasteiger partial charge is 0.494 e. The highest BCUT2D eigenvalue weighted by molar-refractivity contribution is 5.46. The monoisotopic (exact) mass is 341 g/mol. The molecule has 0 radical (unpaired) electrons. The van der Waals surface area contributed by atoms with Gasteiger partial charge in [0.2, 0.25) is 0 Å². The molecule has 0 spiro atoms. The molecule has 0 aromatic heterocycles. The molecular formula is C22H31NO2. The van der Waals surface area contributed by atoms with Gasteiger partial charge in [0, 0.05) is 12.2 Å². The van der Waals surface area contributed by atoms with Crippen molar-refractivity contribution in [2.24, 2.45) is 0 Å². The maximum atomic E-state index is 5.86. The molecule has 0 saturated carbocycles. The number of benzene rings is 2. The molecule has 0 unspecified atom stereocenters. The summed E-state index contributed by atoms with van der Waals surface area (Å²) in [6, 6.07) is 14.4. The third kappa shape index (κ3) is 7.08. The predicted molar refractivity (Wildman–Crippen MR) is 106 cm³/mol. The van der Waals surface area contributed by atoms with Crippen LogP contribution >= 0.6 is 0 Å². The zero-order chi connectivity index (χ0) is 17.9. The van der Waals surface area contributed by atoms with Crippen molar-refractivity contribution in [2.75, 3.05) is 25.1 Å². The Morgan fingerprint density at radius 1 is 0.840 bits per heavy atom. The number of hydrogen-bond acceptors (Lipinski definition) is 3. The minimum Gasteiger partial charge on any atom is -0.494 e. The quantitative estimate of drug-likeness (QED) is 0.528. The Labute approximate surface area is 152 Å². The van der Waals surface area contributed by atoms with E-state index in [-0.39, 0.29) is 0 Å². The van der Waals surface area contributed by atoms with Gasteiger partial charge >= 0.3 is 0 Å². The number of unbranched alkanes of at least 4 members (excludes halogenated alkanes) is 3. The van der Waals surface area contributed by atoms with E-state index in [1.54, 1.807) is 0 Å². The van der Waals surface area contributed by atoms with E-state index in [4.69, 9.17) is 9.47 Å². The Morgan fingerprint density at radius 2 is 1.64 bits per heavy atom. The van der Waals surface area contributed by atoms with E-state index in [1.165, 1.54) is 30.4 Å². The van der Waals surface area contributed by atoms with E-state index in [2.05, 4.69) is 56.4 Å². The first-order valence-electron chi connectivity index (χ1n) is 9.36. The molecule has 136 valence electrons. The second-order valence-corrected chi connectivity index (χ2v) is 6.48.